The summed E-state index contributed by atoms with van der Waals surface area (Å²) in [4.78, 5) is 0. The van der Waals surface area contributed by atoms with Crippen LogP contribution >= 0.6 is 31.9 Å². The standard InChI is InChI=1S/C15H8BrO.C15H10Br.2ClH.Zr/c16-13-6-7-14-12-5-4-11(15(12)13)9-2-1-3-10(8-9)17-14;16-14-8-4-7-12-9-10-13(15(12)14)11-5-2-1-3-6-11;;;/h1-3,5-8,11H;1-9,13H;2*1H;/q2*-1;;;+4/p-2. The van der Waals surface area contributed by atoms with E-state index in [0.717, 1.165) is 21.5 Å². The number of rotatable bonds is 1. The summed E-state index contributed by atoms with van der Waals surface area (Å²) in [7, 11) is 0. The average Bonchev–Trinajstić information content (AvgIpc) is 3.49. The Labute approximate surface area is 260 Å². The van der Waals surface area contributed by atoms with E-state index in [1.165, 1.54) is 32.3 Å². The van der Waals surface area contributed by atoms with Gasteiger partial charge in [0.2, 0.25) is 0 Å². The van der Waals surface area contributed by atoms with Gasteiger partial charge in [-0.15, -0.1) is 22.8 Å². The van der Waals surface area contributed by atoms with Gasteiger partial charge < -0.3 is 29.6 Å². The zero-order valence-corrected chi connectivity index (χ0v) is 26.0. The number of allylic oxidation sites excluding steroid dienone is 2. The smallest absolute Gasteiger partial charge is 1.00 e. The molecule has 1 aliphatic heterocycles. The van der Waals surface area contributed by atoms with Gasteiger partial charge in [-0.25, -0.2) is 12.2 Å². The molecule has 0 aromatic heterocycles. The van der Waals surface area contributed by atoms with Crippen LogP contribution in [0.25, 0.3) is 12.2 Å². The van der Waals surface area contributed by atoms with Crippen LogP contribution in [0.5, 0.6) is 11.5 Å². The maximum atomic E-state index is 5.91. The van der Waals surface area contributed by atoms with E-state index in [4.69, 9.17) is 4.74 Å². The molecule has 4 aromatic carbocycles. The summed E-state index contributed by atoms with van der Waals surface area (Å²) in [6.07, 6.45) is 11.0. The summed E-state index contributed by atoms with van der Waals surface area (Å²) < 4.78 is 8.20. The minimum absolute atomic E-state index is 0. The van der Waals surface area contributed by atoms with Crippen molar-refractivity contribution in [1.82, 2.24) is 0 Å². The Morgan fingerprint density at radius 3 is 2.11 bits per heavy atom. The first-order chi connectivity index (χ1) is 16.2. The van der Waals surface area contributed by atoms with Crippen LogP contribution < -0.4 is 29.6 Å². The fraction of sp³-hybridized carbons (Fsp3) is 0.0667. The minimum atomic E-state index is 0. The third-order valence-corrected chi connectivity index (χ3v) is 7.59. The van der Waals surface area contributed by atoms with Crippen molar-refractivity contribution in [2.24, 2.45) is 0 Å². The van der Waals surface area contributed by atoms with Gasteiger partial charge in [0.1, 0.15) is 5.75 Å². The van der Waals surface area contributed by atoms with Gasteiger partial charge in [-0.2, -0.15) is 5.56 Å². The molecule has 6 heteroatoms. The summed E-state index contributed by atoms with van der Waals surface area (Å²) in [6.45, 7) is 0. The van der Waals surface area contributed by atoms with Crippen molar-refractivity contribution in [2.75, 3.05) is 0 Å². The third kappa shape index (κ3) is 5.40. The molecule has 1 nitrogen and oxygen atoms in total. The molecular formula is C30H18Br2Cl2OZr. The van der Waals surface area contributed by atoms with Crippen molar-refractivity contribution >= 4 is 44.0 Å². The van der Waals surface area contributed by atoms with Gasteiger partial charge >= 0.3 is 26.2 Å². The van der Waals surface area contributed by atoms with Crippen LogP contribution in [-0.4, -0.2) is 0 Å². The fourth-order valence-electron chi connectivity index (χ4n) is 4.67. The zero-order chi connectivity index (χ0) is 22.4. The number of hydrogen-bond donors (Lipinski definition) is 0. The van der Waals surface area contributed by atoms with Crippen LogP contribution in [-0.2, 0) is 26.2 Å². The molecule has 0 amide bonds. The third-order valence-electron chi connectivity index (χ3n) is 6.21. The monoisotopic (exact) mass is 712 g/mol. The second-order valence-corrected chi connectivity index (χ2v) is 9.90. The average molecular weight is 716 g/mol. The second-order valence-electron chi connectivity index (χ2n) is 8.19. The normalized spacial score (nSPS) is 16.5. The first kappa shape index (κ1) is 29.1. The second kappa shape index (κ2) is 12.4. The van der Waals surface area contributed by atoms with E-state index >= 15 is 0 Å². The predicted molar refractivity (Wildman–Crippen MR) is 140 cm³/mol. The molecule has 2 aliphatic carbocycles. The van der Waals surface area contributed by atoms with Gasteiger partial charge in [0.15, 0.2) is 0 Å². The molecule has 6 bridgehead atoms. The molecule has 0 saturated heterocycles. The number of hydrogen-bond acceptors (Lipinski definition) is 1. The molecule has 0 saturated carbocycles. The van der Waals surface area contributed by atoms with Crippen molar-refractivity contribution in [3.05, 3.63) is 139 Å². The molecule has 2 unspecified atom stereocenters. The Bertz CT molecular complexity index is 1440. The number of halogens is 4. The molecule has 7 rings (SSSR count). The van der Waals surface area contributed by atoms with E-state index < -0.39 is 0 Å². The Morgan fingerprint density at radius 1 is 0.639 bits per heavy atom. The topological polar surface area (TPSA) is 9.23 Å². The summed E-state index contributed by atoms with van der Waals surface area (Å²) in [5, 5.41) is 0. The Morgan fingerprint density at radius 2 is 1.31 bits per heavy atom. The van der Waals surface area contributed by atoms with E-state index in [1.807, 2.05) is 36.4 Å². The van der Waals surface area contributed by atoms with Crippen molar-refractivity contribution in [3.8, 4) is 11.5 Å². The number of fused-ring (bicyclic) bond motifs is 4. The summed E-state index contributed by atoms with van der Waals surface area (Å²) >= 11 is 7.25. The Balaban J connectivity index is 0.000000185. The maximum absolute atomic E-state index is 5.91. The first-order valence-electron chi connectivity index (χ1n) is 10.8. The van der Waals surface area contributed by atoms with Gasteiger partial charge in [-0.3, -0.25) is 12.2 Å². The molecule has 176 valence electrons. The quantitative estimate of drug-likeness (QED) is 0.276. The van der Waals surface area contributed by atoms with E-state index in [-0.39, 0.29) is 62.9 Å². The van der Waals surface area contributed by atoms with E-state index in [0.29, 0.717) is 0 Å². The molecule has 0 radical (unpaired) electrons. The summed E-state index contributed by atoms with van der Waals surface area (Å²) in [5.41, 5.74) is 7.53. The Hall–Kier alpha value is -1.42. The van der Waals surface area contributed by atoms with Crippen LogP contribution in [0.1, 0.15) is 45.2 Å². The van der Waals surface area contributed by atoms with Gasteiger partial charge in [-0.1, -0.05) is 109 Å². The maximum Gasteiger partial charge on any atom is 4.00 e. The molecule has 3 aliphatic rings. The largest absolute Gasteiger partial charge is 4.00 e. The van der Waals surface area contributed by atoms with Crippen molar-refractivity contribution in [2.45, 2.75) is 11.8 Å². The Kier molecular flexibility index (Phi) is 10.1. The molecule has 0 N–H and O–H groups in total. The van der Waals surface area contributed by atoms with Crippen molar-refractivity contribution in [1.29, 1.82) is 0 Å². The molecular weight excluding hydrogens is 698 g/mol. The van der Waals surface area contributed by atoms with Crippen LogP contribution in [0.2, 0.25) is 0 Å². The number of ether oxygens (including phenoxy) is 1. The molecule has 1 heterocycles. The minimum Gasteiger partial charge on any atom is -1.00 e. The summed E-state index contributed by atoms with van der Waals surface area (Å²) in [6, 6.07) is 29.1. The molecule has 0 fully saturated rings. The van der Waals surface area contributed by atoms with Gasteiger partial charge in [-0.05, 0) is 24.3 Å². The molecule has 36 heavy (non-hydrogen) atoms. The van der Waals surface area contributed by atoms with E-state index in [9.17, 15) is 0 Å². The van der Waals surface area contributed by atoms with E-state index in [1.54, 1.807) is 0 Å². The van der Waals surface area contributed by atoms with Crippen LogP contribution in [0.3, 0.4) is 0 Å². The van der Waals surface area contributed by atoms with Gasteiger partial charge in [0.05, 0.1) is 5.75 Å². The molecule has 4 aromatic rings. The van der Waals surface area contributed by atoms with Crippen molar-refractivity contribution in [3.63, 3.8) is 0 Å². The fourth-order valence-corrected chi connectivity index (χ4v) is 5.85. The first-order valence-corrected chi connectivity index (χ1v) is 12.4. The van der Waals surface area contributed by atoms with Crippen LogP contribution in [0.4, 0.5) is 0 Å². The predicted octanol–water partition coefficient (Wildman–Crippen LogP) is 2.93. The van der Waals surface area contributed by atoms with Gasteiger partial charge in [0.25, 0.3) is 0 Å². The zero-order valence-electron chi connectivity index (χ0n) is 18.8. The van der Waals surface area contributed by atoms with E-state index in [2.05, 4.69) is 105 Å². The van der Waals surface area contributed by atoms with Crippen LogP contribution in [0, 0.1) is 12.2 Å². The SMILES string of the molecule is Brc1ccc2c3c1C([C-]=C3)c1cccc(c1)O2.Brc1cccc2c1C(c1ccccc1)[C-]=C2.[Cl-].[Cl-].[Zr+4]. The number of benzene rings is 4. The van der Waals surface area contributed by atoms with Gasteiger partial charge in [0, 0.05) is 8.95 Å². The van der Waals surface area contributed by atoms with Crippen molar-refractivity contribution < 1.29 is 55.8 Å². The molecule has 0 spiro atoms. The molecule has 2 atom stereocenters. The van der Waals surface area contributed by atoms with Crippen LogP contribution in [0.15, 0.2) is 93.9 Å². The summed E-state index contributed by atoms with van der Waals surface area (Å²) in [5.74, 6) is 2.31.